The average Bonchev–Trinajstić information content (AvgIpc) is 2.66. The van der Waals surface area contributed by atoms with E-state index < -0.39 is 0 Å². The summed E-state index contributed by atoms with van der Waals surface area (Å²) in [6.07, 6.45) is 0. The van der Waals surface area contributed by atoms with E-state index in [4.69, 9.17) is 0 Å². The largest absolute Gasteiger partial charge is 0.289 e. The molecule has 0 aliphatic heterocycles. The maximum Gasteiger partial charge on any atom is 0.260 e. The minimum Gasteiger partial charge on any atom is -0.289 e. The van der Waals surface area contributed by atoms with Crippen molar-refractivity contribution in [2.45, 2.75) is 6.92 Å². The molecule has 0 unspecified atom stereocenters. The minimum absolute atomic E-state index is 0.170. The molecule has 2 aromatic heterocycles. The lowest BCUT2D eigenvalue weighted by molar-refractivity contribution is 0.840. The van der Waals surface area contributed by atoms with Crippen molar-refractivity contribution >= 4 is 16.7 Å². The van der Waals surface area contributed by atoms with Crippen molar-refractivity contribution in [2.75, 3.05) is 0 Å². The third kappa shape index (κ3) is 1.04. The van der Waals surface area contributed by atoms with Crippen LogP contribution in [-0.4, -0.2) is 25.0 Å². The van der Waals surface area contributed by atoms with E-state index in [1.165, 1.54) is 4.52 Å². The van der Waals surface area contributed by atoms with Gasteiger partial charge < -0.3 is 0 Å². The molecule has 0 fully saturated rings. The molecule has 0 aliphatic rings. The standard InChI is InChI=1S/C9H7N5O/c1-5-2-3-7-6(4-5)8(15)10-9-11-12-13-14(7)9/h2-4H,1H3,(H,10,11,13,15). The number of aromatic amines is 1. The highest BCUT2D eigenvalue weighted by molar-refractivity contribution is 5.80. The van der Waals surface area contributed by atoms with E-state index in [0.717, 1.165) is 5.56 Å². The molecule has 0 radical (unpaired) electrons. The first kappa shape index (κ1) is 8.10. The summed E-state index contributed by atoms with van der Waals surface area (Å²) in [6.45, 7) is 1.93. The summed E-state index contributed by atoms with van der Waals surface area (Å²) in [7, 11) is 0. The van der Waals surface area contributed by atoms with E-state index >= 15 is 0 Å². The summed E-state index contributed by atoms with van der Waals surface area (Å²) in [6, 6.07) is 5.57. The van der Waals surface area contributed by atoms with Crippen LogP contribution >= 0.6 is 0 Å². The van der Waals surface area contributed by atoms with Gasteiger partial charge in [-0.05, 0) is 29.5 Å². The van der Waals surface area contributed by atoms with Crippen molar-refractivity contribution in [3.63, 3.8) is 0 Å². The Labute approximate surface area is 83.5 Å². The van der Waals surface area contributed by atoms with E-state index in [-0.39, 0.29) is 5.56 Å². The van der Waals surface area contributed by atoms with Gasteiger partial charge in [-0.2, -0.15) is 4.52 Å². The van der Waals surface area contributed by atoms with Crippen LogP contribution in [0.3, 0.4) is 0 Å². The van der Waals surface area contributed by atoms with Crippen molar-refractivity contribution in [1.82, 2.24) is 25.0 Å². The maximum absolute atomic E-state index is 11.7. The average molecular weight is 201 g/mol. The monoisotopic (exact) mass is 201 g/mol. The summed E-state index contributed by atoms with van der Waals surface area (Å²) in [5, 5.41) is 11.6. The van der Waals surface area contributed by atoms with Gasteiger partial charge in [-0.25, -0.2) is 0 Å². The molecule has 0 amide bonds. The zero-order valence-electron chi connectivity index (χ0n) is 7.93. The van der Waals surface area contributed by atoms with Gasteiger partial charge in [-0.3, -0.25) is 9.78 Å². The van der Waals surface area contributed by atoms with Crippen LogP contribution in [0.15, 0.2) is 23.0 Å². The van der Waals surface area contributed by atoms with Crippen molar-refractivity contribution in [3.8, 4) is 0 Å². The Bertz CT molecular complexity index is 711. The van der Waals surface area contributed by atoms with Gasteiger partial charge in [0, 0.05) is 0 Å². The Kier molecular flexibility index (Phi) is 1.42. The third-order valence-electron chi connectivity index (χ3n) is 2.32. The SMILES string of the molecule is Cc1ccc2c(c1)c(=O)[nH]c1nnnn12. The number of benzene rings is 1. The topological polar surface area (TPSA) is 75.9 Å². The Balaban J connectivity index is 2.67. The number of hydrogen-bond donors (Lipinski definition) is 1. The first-order valence-corrected chi connectivity index (χ1v) is 4.46. The molecule has 74 valence electrons. The van der Waals surface area contributed by atoms with E-state index in [2.05, 4.69) is 20.5 Å². The molecule has 6 heteroatoms. The predicted molar refractivity (Wildman–Crippen MR) is 53.6 cm³/mol. The molecule has 3 aromatic rings. The van der Waals surface area contributed by atoms with E-state index in [1.54, 1.807) is 0 Å². The van der Waals surface area contributed by atoms with Crippen LogP contribution in [0.4, 0.5) is 0 Å². The van der Waals surface area contributed by atoms with Gasteiger partial charge in [-0.15, -0.1) is 0 Å². The van der Waals surface area contributed by atoms with Crippen LogP contribution in [0, 0.1) is 6.92 Å². The molecule has 2 heterocycles. The first-order valence-electron chi connectivity index (χ1n) is 4.46. The molecule has 3 rings (SSSR count). The number of fused-ring (bicyclic) bond motifs is 3. The van der Waals surface area contributed by atoms with Crippen LogP contribution in [-0.2, 0) is 0 Å². The first-order chi connectivity index (χ1) is 7.25. The molecule has 0 saturated heterocycles. The highest BCUT2D eigenvalue weighted by atomic mass is 16.1. The summed E-state index contributed by atoms with van der Waals surface area (Å²) in [5.74, 6) is 0.358. The normalized spacial score (nSPS) is 11.3. The summed E-state index contributed by atoms with van der Waals surface area (Å²) >= 11 is 0. The molecule has 0 atom stereocenters. The van der Waals surface area contributed by atoms with Gasteiger partial charge in [-0.1, -0.05) is 16.7 Å². The van der Waals surface area contributed by atoms with Crippen molar-refractivity contribution in [1.29, 1.82) is 0 Å². The minimum atomic E-state index is -0.170. The van der Waals surface area contributed by atoms with Crippen LogP contribution in [0.1, 0.15) is 5.56 Å². The molecular formula is C9H7N5O. The number of tetrazole rings is 1. The highest BCUT2D eigenvalue weighted by Crippen LogP contribution is 2.10. The van der Waals surface area contributed by atoms with Crippen molar-refractivity contribution in [3.05, 3.63) is 34.1 Å². The lowest BCUT2D eigenvalue weighted by Crippen LogP contribution is -2.10. The number of hydrogen-bond acceptors (Lipinski definition) is 4. The quantitative estimate of drug-likeness (QED) is 0.566. The lowest BCUT2D eigenvalue weighted by atomic mass is 10.2. The number of aromatic nitrogens is 5. The maximum atomic E-state index is 11.7. The molecule has 15 heavy (non-hydrogen) atoms. The van der Waals surface area contributed by atoms with E-state index in [1.807, 2.05) is 25.1 Å². The van der Waals surface area contributed by atoms with Gasteiger partial charge in [0.1, 0.15) is 0 Å². The Morgan fingerprint density at radius 1 is 1.40 bits per heavy atom. The number of rotatable bonds is 0. The van der Waals surface area contributed by atoms with E-state index in [0.29, 0.717) is 16.7 Å². The highest BCUT2D eigenvalue weighted by Gasteiger charge is 2.06. The Hall–Kier alpha value is -2.24. The van der Waals surface area contributed by atoms with Crippen LogP contribution in [0.5, 0.6) is 0 Å². The fourth-order valence-corrected chi connectivity index (χ4v) is 1.61. The second-order valence-electron chi connectivity index (χ2n) is 3.39. The second kappa shape index (κ2) is 2.63. The number of aryl methyl sites for hydroxylation is 1. The predicted octanol–water partition coefficient (Wildman–Crippen LogP) is 0.274. The number of nitrogens with zero attached hydrogens (tertiary/aromatic N) is 4. The van der Waals surface area contributed by atoms with Gasteiger partial charge in [0.25, 0.3) is 11.3 Å². The molecule has 6 nitrogen and oxygen atoms in total. The summed E-state index contributed by atoms with van der Waals surface area (Å²) in [5.41, 5.74) is 1.57. The fraction of sp³-hybridized carbons (Fsp3) is 0.111. The fourth-order valence-electron chi connectivity index (χ4n) is 1.61. The van der Waals surface area contributed by atoms with Crippen LogP contribution in [0.25, 0.3) is 16.7 Å². The summed E-state index contributed by atoms with van der Waals surface area (Å²) < 4.78 is 1.51. The second-order valence-corrected chi connectivity index (χ2v) is 3.39. The Morgan fingerprint density at radius 2 is 2.27 bits per heavy atom. The third-order valence-corrected chi connectivity index (χ3v) is 2.32. The molecule has 0 saturated carbocycles. The molecule has 0 bridgehead atoms. The van der Waals surface area contributed by atoms with Gasteiger partial charge in [0.15, 0.2) is 0 Å². The molecule has 1 aromatic carbocycles. The van der Waals surface area contributed by atoms with Crippen molar-refractivity contribution in [2.24, 2.45) is 0 Å². The number of nitrogens with one attached hydrogen (secondary N) is 1. The van der Waals surface area contributed by atoms with Gasteiger partial charge >= 0.3 is 0 Å². The van der Waals surface area contributed by atoms with E-state index in [9.17, 15) is 4.79 Å². The molecule has 0 spiro atoms. The number of H-pyrrole nitrogens is 1. The van der Waals surface area contributed by atoms with Gasteiger partial charge in [0.05, 0.1) is 10.9 Å². The smallest absolute Gasteiger partial charge is 0.260 e. The summed E-state index contributed by atoms with van der Waals surface area (Å²) in [4.78, 5) is 14.3. The Morgan fingerprint density at radius 3 is 3.13 bits per heavy atom. The zero-order chi connectivity index (χ0) is 10.4. The molecular weight excluding hydrogens is 194 g/mol. The zero-order valence-corrected chi connectivity index (χ0v) is 7.93. The molecule has 1 N–H and O–H groups in total. The van der Waals surface area contributed by atoms with Crippen molar-refractivity contribution < 1.29 is 0 Å². The van der Waals surface area contributed by atoms with Crippen LogP contribution < -0.4 is 5.56 Å². The van der Waals surface area contributed by atoms with Crippen LogP contribution in [0.2, 0.25) is 0 Å². The van der Waals surface area contributed by atoms with Gasteiger partial charge in [0.2, 0.25) is 0 Å². The lowest BCUT2D eigenvalue weighted by Gasteiger charge is -1.99. The molecule has 0 aliphatic carbocycles.